The molecule has 4 rings (SSSR count). The minimum atomic E-state index is 0.0905. The Bertz CT molecular complexity index is 733. The SMILES string of the molecule is Cc1cc(C(=O)C2CC3COCC(C2)N3Cc2ccccc2)ccn1. The van der Waals surface area contributed by atoms with Crippen LogP contribution >= 0.6 is 0 Å². The van der Waals surface area contributed by atoms with Gasteiger partial charge in [-0.2, -0.15) is 0 Å². The summed E-state index contributed by atoms with van der Waals surface area (Å²) in [5.41, 5.74) is 3.03. The van der Waals surface area contributed by atoms with Crippen molar-refractivity contribution in [3.05, 3.63) is 65.5 Å². The average Bonchev–Trinajstić information content (AvgIpc) is 2.62. The number of carbonyl (C=O) groups is 1. The van der Waals surface area contributed by atoms with Gasteiger partial charge < -0.3 is 4.74 Å². The summed E-state index contributed by atoms with van der Waals surface area (Å²) in [5.74, 6) is 0.356. The summed E-state index contributed by atoms with van der Waals surface area (Å²) in [6.45, 7) is 4.32. The second kappa shape index (κ2) is 7.06. The van der Waals surface area contributed by atoms with E-state index >= 15 is 0 Å². The van der Waals surface area contributed by atoms with Crippen LogP contribution in [0.3, 0.4) is 0 Å². The van der Waals surface area contributed by atoms with E-state index in [4.69, 9.17) is 4.74 Å². The summed E-state index contributed by atoms with van der Waals surface area (Å²) in [5, 5.41) is 0. The molecule has 4 heteroatoms. The van der Waals surface area contributed by atoms with Crippen LogP contribution < -0.4 is 0 Å². The number of carbonyl (C=O) groups excluding carboxylic acids is 1. The Morgan fingerprint density at radius 1 is 1.16 bits per heavy atom. The van der Waals surface area contributed by atoms with Crippen molar-refractivity contribution in [3.63, 3.8) is 0 Å². The molecule has 1 aromatic carbocycles. The monoisotopic (exact) mass is 336 g/mol. The number of piperidine rings is 1. The van der Waals surface area contributed by atoms with E-state index in [0.29, 0.717) is 12.1 Å². The zero-order valence-corrected chi connectivity index (χ0v) is 14.6. The van der Waals surface area contributed by atoms with Gasteiger partial charge >= 0.3 is 0 Å². The number of ether oxygens (including phenoxy) is 1. The average molecular weight is 336 g/mol. The lowest BCUT2D eigenvalue weighted by molar-refractivity contribution is -0.0872. The minimum Gasteiger partial charge on any atom is -0.378 e. The first-order chi connectivity index (χ1) is 12.2. The molecule has 130 valence electrons. The van der Waals surface area contributed by atoms with E-state index in [1.165, 1.54) is 5.56 Å². The summed E-state index contributed by atoms with van der Waals surface area (Å²) in [7, 11) is 0. The highest BCUT2D eigenvalue weighted by atomic mass is 16.5. The first-order valence-electron chi connectivity index (χ1n) is 9.05. The smallest absolute Gasteiger partial charge is 0.166 e. The van der Waals surface area contributed by atoms with E-state index < -0.39 is 0 Å². The van der Waals surface area contributed by atoms with Gasteiger partial charge in [-0.15, -0.1) is 0 Å². The fraction of sp³-hybridized carbons (Fsp3) is 0.429. The highest BCUT2D eigenvalue weighted by molar-refractivity contribution is 5.98. The summed E-state index contributed by atoms with van der Waals surface area (Å²) < 4.78 is 5.79. The van der Waals surface area contributed by atoms with Crippen molar-refractivity contribution < 1.29 is 9.53 Å². The van der Waals surface area contributed by atoms with Gasteiger partial charge in [0.2, 0.25) is 0 Å². The Labute approximate surface area is 148 Å². The summed E-state index contributed by atoms with van der Waals surface area (Å²) in [6, 6.07) is 15.0. The van der Waals surface area contributed by atoms with E-state index in [1.54, 1.807) is 6.20 Å². The van der Waals surface area contributed by atoms with Crippen LogP contribution in [-0.4, -0.2) is 41.0 Å². The van der Waals surface area contributed by atoms with Gasteiger partial charge in [0.25, 0.3) is 0 Å². The van der Waals surface area contributed by atoms with Gasteiger partial charge in [-0.1, -0.05) is 30.3 Å². The van der Waals surface area contributed by atoms with Gasteiger partial charge in [-0.25, -0.2) is 0 Å². The fourth-order valence-electron chi connectivity index (χ4n) is 4.19. The third kappa shape index (κ3) is 3.51. The van der Waals surface area contributed by atoms with Crippen LogP contribution in [0, 0.1) is 12.8 Å². The fourth-order valence-corrected chi connectivity index (χ4v) is 4.19. The van der Waals surface area contributed by atoms with Crippen LogP contribution in [0.1, 0.15) is 34.5 Å². The number of nitrogens with zero attached hydrogens (tertiary/aromatic N) is 2. The third-order valence-electron chi connectivity index (χ3n) is 5.43. The molecule has 0 spiro atoms. The predicted octanol–water partition coefficient (Wildman–Crippen LogP) is 3.25. The van der Waals surface area contributed by atoms with Gasteiger partial charge in [0.05, 0.1) is 13.2 Å². The van der Waals surface area contributed by atoms with E-state index in [-0.39, 0.29) is 11.7 Å². The Kier molecular flexibility index (Phi) is 4.64. The number of fused-ring (bicyclic) bond motifs is 2. The molecule has 0 amide bonds. The normalized spacial score (nSPS) is 26.4. The van der Waals surface area contributed by atoms with Crippen LogP contribution in [-0.2, 0) is 11.3 Å². The van der Waals surface area contributed by atoms with Crippen molar-refractivity contribution in [3.8, 4) is 0 Å². The molecule has 2 aliphatic rings. The molecular formula is C21H24N2O2. The lowest BCUT2D eigenvalue weighted by Gasteiger charge is -2.48. The van der Waals surface area contributed by atoms with E-state index in [0.717, 1.165) is 43.9 Å². The zero-order chi connectivity index (χ0) is 17.2. The standard InChI is InChI=1S/C21H24N2O2/c1-15-9-17(7-8-22-15)21(24)18-10-19-13-25-14-20(11-18)23(19)12-16-5-3-2-4-6-16/h2-9,18-20H,10-14H2,1H3. The highest BCUT2D eigenvalue weighted by Gasteiger charge is 2.41. The second-order valence-electron chi connectivity index (χ2n) is 7.22. The van der Waals surface area contributed by atoms with Crippen molar-refractivity contribution in [1.29, 1.82) is 0 Å². The van der Waals surface area contributed by atoms with Crippen molar-refractivity contribution in [2.45, 2.75) is 38.4 Å². The molecule has 2 fully saturated rings. The van der Waals surface area contributed by atoms with Gasteiger partial charge in [-0.05, 0) is 37.5 Å². The molecule has 2 unspecified atom stereocenters. The number of Topliss-reactive ketones (excluding diaryl/α,β-unsaturated/α-hetero) is 1. The first kappa shape index (κ1) is 16.4. The second-order valence-corrected chi connectivity index (χ2v) is 7.22. The maximum Gasteiger partial charge on any atom is 0.166 e. The van der Waals surface area contributed by atoms with Crippen molar-refractivity contribution in [2.75, 3.05) is 13.2 Å². The maximum atomic E-state index is 13.0. The highest BCUT2D eigenvalue weighted by Crippen LogP contribution is 2.34. The zero-order valence-electron chi connectivity index (χ0n) is 14.6. The minimum absolute atomic E-state index is 0.0905. The number of pyridine rings is 1. The molecule has 2 saturated heterocycles. The lowest BCUT2D eigenvalue weighted by Crippen LogP contribution is -2.57. The van der Waals surface area contributed by atoms with Crippen molar-refractivity contribution >= 4 is 5.78 Å². The van der Waals surface area contributed by atoms with E-state index in [2.05, 4.69) is 40.2 Å². The number of rotatable bonds is 4. The van der Waals surface area contributed by atoms with E-state index in [9.17, 15) is 4.79 Å². The van der Waals surface area contributed by atoms with Crippen molar-refractivity contribution in [1.82, 2.24) is 9.88 Å². The summed E-state index contributed by atoms with van der Waals surface area (Å²) in [6.07, 6.45) is 3.49. The Morgan fingerprint density at radius 3 is 2.56 bits per heavy atom. The molecule has 0 radical (unpaired) electrons. The quantitative estimate of drug-likeness (QED) is 0.804. The summed E-state index contributed by atoms with van der Waals surface area (Å²) in [4.78, 5) is 19.7. The Balaban J connectivity index is 1.50. The molecule has 0 N–H and O–H groups in total. The number of morpholine rings is 1. The van der Waals surface area contributed by atoms with Crippen LogP contribution in [0.4, 0.5) is 0 Å². The third-order valence-corrected chi connectivity index (χ3v) is 5.43. The molecule has 0 aliphatic carbocycles. The molecule has 2 atom stereocenters. The number of aryl methyl sites for hydroxylation is 1. The van der Waals surface area contributed by atoms with Gasteiger partial charge in [0.1, 0.15) is 0 Å². The Morgan fingerprint density at radius 2 is 1.88 bits per heavy atom. The molecule has 2 bridgehead atoms. The number of aromatic nitrogens is 1. The van der Waals surface area contributed by atoms with Crippen molar-refractivity contribution in [2.24, 2.45) is 5.92 Å². The van der Waals surface area contributed by atoms with Crippen LogP contribution in [0.15, 0.2) is 48.7 Å². The molecule has 4 nitrogen and oxygen atoms in total. The topological polar surface area (TPSA) is 42.4 Å². The predicted molar refractivity (Wildman–Crippen MR) is 96.4 cm³/mol. The first-order valence-corrected chi connectivity index (χ1v) is 9.05. The maximum absolute atomic E-state index is 13.0. The molecule has 1 aromatic heterocycles. The molecule has 2 aromatic rings. The number of hydrogen-bond donors (Lipinski definition) is 0. The number of hydrogen-bond acceptors (Lipinski definition) is 4. The van der Waals surface area contributed by atoms with Gasteiger partial charge in [-0.3, -0.25) is 14.7 Å². The van der Waals surface area contributed by atoms with Crippen LogP contribution in [0.5, 0.6) is 0 Å². The molecule has 3 heterocycles. The van der Waals surface area contributed by atoms with Crippen LogP contribution in [0.25, 0.3) is 0 Å². The Hall–Kier alpha value is -2.04. The van der Waals surface area contributed by atoms with Crippen LogP contribution in [0.2, 0.25) is 0 Å². The molecule has 2 aliphatic heterocycles. The largest absolute Gasteiger partial charge is 0.378 e. The van der Waals surface area contributed by atoms with E-state index in [1.807, 2.05) is 19.1 Å². The molecule has 0 saturated carbocycles. The number of ketones is 1. The van der Waals surface area contributed by atoms with Gasteiger partial charge in [0.15, 0.2) is 5.78 Å². The van der Waals surface area contributed by atoms with Gasteiger partial charge in [0, 0.05) is 42.0 Å². The molecular weight excluding hydrogens is 312 g/mol. The molecule has 25 heavy (non-hydrogen) atoms. The summed E-state index contributed by atoms with van der Waals surface area (Å²) >= 11 is 0. The number of benzene rings is 1. The lowest BCUT2D eigenvalue weighted by atomic mass is 9.80.